The van der Waals surface area contributed by atoms with E-state index in [2.05, 4.69) is 16.5 Å². The Hall–Kier alpha value is -2.04. The molecule has 0 N–H and O–H groups in total. The van der Waals surface area contributed by atoms with Crippen LogP contribution in [0.3, 0.4) is 0 Å². The second kappa shape index (κ2) is 5.73. The molecule has 2 rings (SSSR count). The van der Waals surface area contributed by atoms with Crippen LogP contribution < -0.4 is 0 Å². The predicted molar refractivity (Wildman–Crippen MR) is 72.1 cm³/mol. The molecule has 5 nitrogen and oxygen atoms in total. The highest BCUT2D eigenvalue weighted by Crippen LogP contribution is 2.14. The molecule has 0 fully saturated rings. The van der Waals surface area contributed by atoms with E-state index in [0.29, 0.717) is 18.8 Å². The van der Waals surface area contributed by atoms with Crippen molar-refractivity contribution in [3.05, 3.63) is 41.7 Å². The van der Waals surface area contributed by atoms with Crippen molar-refractivity contribution in [1.29, 1.82) is 0 Å². The molecule has 2 aromatic heterocycles. The number of hydrogen-bond acceptors (Lipinski definition) is 3. The van der Waals surface area contributed by atoms with E-state index >= 15 is 0 Å². The highest BCUT2D eigenvalue weighted by molar-refractivity contribution is 5.89. The lowest BCUT2D eigenvalue weighted by molar-refractivity contribution is 0.0513. The Morgan fingerprint density at radius 3 is 2.84 bits per heavy atom. The van der Waals surface area contributed by atoms with Gasteiger partial charge in [0.1, 0.15) is 5.69 Å². The van der Waals surface area contributed by atoms with E-state index in [1.165, 1.54) is 0 Å². The Kier molecular flexibility index (Phi) is 4.04. The molecule has 0 bridgehead atoms. The van der Waals surface area contributed by atoms with Crippen LogP contribution in [0.4, 0.5) is 0 Å². The number of hydrogen-bond donors (Lipinski definition) is 0. The minimum atomic E-state index is -0.271. The van der Waals surface area contributed by atoms with Gasteiger partial charge < -0.3 is 13.9 Å². The van der Waals surface area contributed by atoms with Gasteiger partial charge in [0.25, 0.3) is 0 Å². The fraction of sp³-hybridized carbons (Fsp3) is 0.429. The number of aromatic nitrogens is 3. The van der Waals surface area contributed by atoms with Gasteiger partial charge in [-0.25, -0.2) is 9.78 Å². The van der Waals surface area contributed by atoms with Crippen LogP contribution >= 0.6 is 0 Å². The first kappa shape index (κ1) is 13.4. The smallest absolute Gasteiger partial charge is 0.355 e. The van der Waals surface area contributed by atoms with Gasteiger partial charge in [0, 0.05) is 18.9 Å². The van der Waals surface area contributed by atoms with Crippen LogP contribution in [0.15, 0.2) is 24.8 Å². The van der Waals surface area contributed by atoms with Gasteiger partial charge in [0.2, 0.25) is 0 Å². The van der Waals surface area contributed by atoms with E-state index in [1.807, 2.05) is 36.9 Å². The molecule has 0 atom stereocenters. The molecule has 0 amide bonds. The van der Waals surface area contributed by atoms with Crippen molar-refractivity contribution in [2.45, 2.75) is 33.9 Å². The van der Waals surface area contributed by atoms with E-state index in [4.69, 9.17) is 4.74 Å². The highest BCUT2D eigenvalue weighted by atomic mass is 16.5. The van der Waals surface area contributed by atoms with Crippen LogP contribution in [0.2, 0.25) is 0 Å². The monoisotopic (exact) mass is 261 g/mol. The van der Waals surface area contributed by atoms with Crippen molar-refractivity contribution in [3.63, 3.8) is 0 Å². The Labute approximate surface area is 112 Å². The summed E-state index contributed by atoms with van der Waals surface area (Å²) in [6.45, 7) is 7.67. The van der Waals surface area contributed by atoms with Crippen LogP contribution in [0.1, 0.15) is 35.6 Å². The van der Waals surface area contributed by atoms with Crippen LogP contribution in [0.5, 0.6) is 0 Å². The molecule has 0 saturated carbocycles. The summed E-state index contributed by atoms with van der Waals surface area (Å²) in [4.78, 5) is 16.1. The van der Waals surface area contributed by atoms with Crippen molar-refractivity contribution in [2.24, 2.45) is 0 Å². The summed E-state index contributed by atoms with van der Waals surface area (Å²) >= 11 is 0. The van der Waals surface area contributed by atoms with Crippen LogP contribution in [0.25, 0.3) is 0 Å². The van der Waals surface area contributed by atoms with Gasteiger partial charge in [-0.1, -0.05) is 0 Å². The molecule has 0 aliphatic carbocycles. The SMILES string of the molecule is CCOC(=O)c1c(C)ccn1Cc1cncn1CC. The quantitative estimate of drug-likeness (QED) is 0.775. The van der Waals surface area contributed by atoms with Crippen molar-refractivity contribution in [3.8, 4) is 0 Å². The van der Waals surface area contributed by atoms with Crippen LogP contribution in [0, 0.1) is 6.92 Å². The summed E-state index contributed by atoms with van der Waals surface area (Å²) in [6, 6.07) is 1.93. The maximum Gasteiger partial charge on any atom is 0.355 e. The highest BCUT2D eigenvalue weighted by Gasteiger charge is 2.16. The number of rotatable bonds is 5. The second-order valence-corrected chi connectivity index (χ2v) is 4.37. The summed E-state index contributed by atoms with van der Waals surface area (Å²) < 4.78 is 9.07. The van der Waals surface area contributed by atoms with E-state index in [9.17, 15) is 4.79 Å². The number of nitrogens with zero attached hydrogens (tertiary/aromatic N) is 3. The molecule has 0 aromatic carbocycles. The second-order valence-electron chi connectivity index (χ2n) is 4.37. The lowest BCUT2D eigenvalue weighted by atomic mass is 10.2. The van der Waals surface area contributed by atoms with Gasteiger partial charge in [-0.05, 0) is 32.4 Å². The van der Waals surface area contributed by atoms with Gasteiger partial charge in [0.15, 0.2) is 0 Å². The predicted octanol–water partition coefficient (Wildman–Crippen LogP) is 2.24. The molecule has 0 unspecified atom stereocenters. The third kappa shape index (κ3) is 2.70. The molecule has 0 spiro atoms. The summed E-state index contributed by atoms with van der Waals surface area (Å²) in [6.07, 6.45) is 5.54. The Morgan fingerprint density at radius 2 is 2.16 bits per heavy atom. The zero-order valence-corrected chi connectivity index (χ0v) is 11.6. The third-order valence-electron chi connectivity index (χ3n) is 3.11. The first-order valence-electron chi connectivity index (χ1n) is 6.49. The number of ether oxygens (including phenoxy) is 1. The van der Waals surface area contributed by atoms with Crippen LogP contribution in [-0.4, -0.2) is 26.7 Å². The Morgan fingerprint density at radius 1 is 1.37 bits per heavy atom. The van der Waals surface area contributed by atoms with Gasteiger partial charge >= 0.3 is 5.97 Å². The third-order valence-corrected chi connectivity index (χ3v) is 3.11. The summed E-state index contributed by atoms with van der Waals surface area (Å²) in [5.41, 5.74) is 2.62. The normalized spacial score (nSPS) is 10.7. The Balaban J connectivity index is 2.28. The molecular weight excluding hydrogens is 242 g/mol. The number of carbonyl (C=O) groups is 1. The molecule has 0 aliphatic rings. The number of aryl methyl sites for hydroxylation is 2. The molecule has 2 heterocycles. The fourth-order valence-electron chi connectivity index (χ4n) is 2.13. The van der Waals surface area contributed by atoms with E-state index in [1.54, 1.807) is 6.33 Å². The molecule has 2 aromatic rings. The molecule has 19 heavy (non-hydrogen) atoms. The van der Waals surface area contributed by atoms with Gasteiger partial charge in [0.05, 0.1) is 25.2 Å². The average molecular weight is 261 g/mol. The summed E-state index contributed by atoms with van der Waals surface area (Å²) in [5.74, 6) is -0.271. The van der Waals surface area contributed by atoms with Gasteiger partial charge in [-0.3, -0.25) is 0 Å². The maximum absolute atomic E-state index is 12.0. The first-order chi connectivity index (χ1) is 9.17. The van der Waals surface area contributed by atoms with Crippen molar-refractivity contribution in [1.82, 2.24) is 14.1 Å². The standard InChI is InChI=1S/C14H19N3O2/c1-4-16-10-15-8-12(16)9-17-7-6-11(3)13(17)14(18)19-5-2/h6-8,10H,4-5,9H2,1-3H3. The number of imidazole rings is 1. The minimum Gasteiger partial charge on any atom is -0.461 e. The maximum atomic E-state index is 12.0. The van der Waals surface area contributed by atoms with E-state index < -0.39 is 0 Å². The molecule has 5 heteroatoms. The largest absolute Gasteiger partial charge is 0.461 e. The number of carbonyl (C=O) groups excluding carboxylic acids is 1. The summed E-state index contributed by atoms with van der Waals surface area (Å²) in [5, 5.41) is 0. The summed E-state index contributed by atoms with van der Waals surface area (Å²) in [7, 11) is 0. The van der Waals surface area contributed by atoms with Gasteiger partial charge in [-0.15, -0.1) is 0 Å². The number of esters is 1. The zero-order valence-electron chi connectivity index (χ0n) is 11.6. The van der Waals surface area contributed by atoms with E-state index in [0.717, 1.165) is 17.8 Å². The Bertz CT molecular complexity index is 569. The topological polar surface area (TPSA) is 49.1 Å². The molecular formula is C14H19N3O2. The molecule has 102 valence electrons. The average Bonchev–Trinajstić information content (AvgIpc) is 2.97. The van der Waals surface area contributed by atoms with Crippen molar-refractivity contribution in [2.75, 3.05) is 6.61 Å². The van der Waals surface area contributed by atoms with E-state index in [-0.39, 0.29) is 5.97 Å². The van der Waals surface area contributed by atoms with Crippen molar-refractivity contribution < 1.29 is 9.53 Å². The van der Waals surface area contributed by atoms with Crippen LogP contribution in [-0.2, 0) is 17.8 Å². The molecule has 0 radical (unpaired) electrons. The van der Waals surface area contributed by atoms with Gasteiger partial charge in [-0.2, -0.15) is 0 Å². The lowest BCUT2D eigenvalue weighted by Gasteiger charge is -2.11. The first-order valence-corrected chi connectivity index (χ1v) is 6.49. The van der Waals surface area contributed by atoms with Crippen molar-refractivity contribution >= 4 is 5.97 Å². The fourth-order valence-corrected chi connectivity index (χ4v) is 2.13. The molecule has 0 saturated heterocycles. The zero-order chi connectivity index (χ0) is 13.8. The minimum absolute atomic E-state index is 0.271. The molecule has 0 aliphatic heterocycles. The lowest BCUT2D eigenvalue weighted by Crippen LogP contribution is -2.15.